The van der Waals surface area contributed by atoms with Crippen molar-refractivity contribution in [1.29, 1.82) is 0 Å². The molecule has 6 nitrogen and oxygen atoms in total. The topological polar surface area (TPSA) is 68.2 Å². The Balaban J connectivity index is 1.91. The fraction of sp³-hybridized carbons (Fsp3) is 0.429. The summed E-state index contributed by atoms with van der Waals surface area (Å²) in [6.07, 6.45) is 1.70. The highest BCUT2D eigenvalue weighted by molar-refractivity contribution is 5.81. The highest BCUT2D eigenvalue weighted by atomic mass is 16.5. The lowest BCUT2D eigenvalue weighted by Gasteiger charge is -2.22. The summed E-state index contributed by atoms with van der Waals surface area (Å²) in [4.78, 5) is 18.3. The van der Waals surface area contributed by atoms with Gasteiger partial charge in [-0.25, -0.2) is 9.78 Å². The van der Waals surface area contributed by atoms with Crippen LogP contribution in [0.5, 0.6) is 0 Å². The highest BCUT2D eigenvalue weighted by Gasteiger charge is 2.33. The summed E-state index contributed by atoms with van der Waals surface area (Å²) in [6.45, 7) is 2.95. The molecular weight excluding hydrogens is 256 g/mol. The third-order valence-electron chi connectivity index (χ3n) is 3.42. The van der Waals surface area contributed by atoms with Crippen LogP contribution in [0.4, 0.5) is 5.95 Å². The number of esters is 1. The first-order valence-electron chi connectivity index (χ1n) is 6.82. The highest BCUT2D eigenvalue weighted by Crippen LogP contribution is 2.23. The van der Waals surface area contributed by atoms with E-state index in [9.17, 15) is 4.79 Å². The molecule has 1 aromatic heterocycles. The predicted octanol–water partition coefficient (Wildman–Crippen LogP) is 1.56. The summed E-state index contributed by atoms with van der Waals surface area (Å²) >= 11 is 0. The number of hydrogen-bond donors (Lipinski definition) is 0. The second-order valence-electron chi connectivity index (χ2n) is 4.70. The Bertz CT molecular complexity index is 631. The van der Waals surface area contributed by atoms with Gasteiger partial charge < -0.3 is 9.64 Å². The number of nitrogens with zero attached hydrogens (tertiary/aromatic N) is 4. The van der Waals surface area contributed by atoms with E-state index in [1.54, 1.807) is 0 Å². The molecule has 1 aliphatic rings. The maximum Gasteiger partial charge on any atom is 0.328 e. The first-order valence-corrected chi connectivity index (χ1v) is 6.82. The normalized spacial score (nSPS) is 18.4. The molecule has 1 aliphatic heterocycles. The number of rotatable bonds is 3. The number of carbonyl (C=O) groups excluding carboxylic acids is 1. The van der Waals surface area contributed by atoms with E-state index in [1.165, 1.54) is 0 Å². The van der Waals surface area contributed by atoms with Crippen LogP contribution in [0.25, 0.3) is 11.0 Å². The quantitative estimate of drug-likeness (QED) is 0.790. The summed E-state index contributed by atoms with van der Waals surface area (Å²) in [5.74, 6) is 0.293. The number of ether oxygens (including phenoxy) is 1. The molecule has 104 valence electrons. The molecule has 2 aromatic rings. The number of para-hydroxylation sites is 1. The Kier molecular flexibility index (Phi) is 3.45. The molecule has 0 amide bonds. The van der Waals surface area contributed by atoms with Gasteiger partial charge in [-0.1, -0.05) is 12.1 Å². The molecule has 0 N–H and O–H groups in total. The number of carbonyl (C=O) groups is 1. The van der Waals surface area contributed by atoms with E-state index in [0.29, 0.717) is 12.6 Å². The lowest BCUT2D eigenvalue weighted by molar-refractivity contribution is -0.144. The minimum absolute atomic E-state index is 0.207. The van der Waals surface area contributed by atoms with E-state index < -0.39 is 0 Å². The van der Waals surface area contributed by atoms with Crippen molar-refractivity contribution in [3.63, 3.8) is 0 Å². The van der Waals surface area contributed by atoms with Gasteiger partial charge in [0.15, 0.2) is 0 Å². The largest absolute Gasteiger partial charge is 0.464 e. The van der Waals surface area contributed by atoms with Gasteiger partial charge in [-0.05, 0) is 31.9 Å². The minimum Gasteiger partial charge on any atom is -0.464 e. The minimum atomic E-state index is -0.294. The number of hydrogen-bond acceptors (Lipinski definition) is 6. The molecule has 1 unspecified atom stereocenters. The van der Waals surface area contributed by atoms with Crippen molar-refractivity contribution >= 4 is 23.0 Å². The van der Waals surface area contributed by atoms with Gasteiger partial charge in [0.1, 0.15) is 11.6 Å². The lowest BCUT2D eigenvalue weighted by Crippen LogP contribution is -2.38. The van der Waals surface area contributed by atoms with E-state index in [2.05, 4.69) is 15.2 Å². The fourth-order valence-corrected chi connectivity index (χ4v) is 2.48. The van der Waals surface area contributed by atoms with Crippen LogP contribution in [-0.4, -0.2) is 40.3 Å². The van der Waals surface area contributed by atoms with Crippen molar-refractivity contribution in [1.82, 2.24) is 15.2 Å². The number of aromatic nitrogens is 3. The average molecular weight is 272 g/mol. The van der Waals surface area contributed by atoms with Crippen molar-refractivity contribution in [2.24, 2.45) is 0 Å². The molecular formula is C14H16N4O2. The third kappa shape index (κ3) is 2.29. The zero-order valence-electron chi connectivity index (χ0n) is 11.3. The molecule has 0 spiro atoms. The first-order chi connectivity index (χ1) is 9.79. The molecule has 0 radical (unpaired) electrons. The Hall–Kier alpha value is -2.24. The molecule has 1 aromatic carbocycles. The Morgan fingerprint density at radius 2 is 2.15 bits per heavy atom. The van der Waals surface area contributed by atoms with Crippen LogP contribution in [0.1, 0.15) is 19.8 Å². The van der Waals surface area contributed by atoms with E-state index in [1.807, 2.05) is 36.1 Å². The molecule has 6 heteroatoms. The zero-order valence-corrected chi connectivity index (χ0v) is 11.3. The van der Waals surface area contributed by atoms with Gasteiger partial charge in [0.05, 0.1) is 12.1 Å². The predicted molar refractivity (Wildman–Crippen MR) is 74.3 cm³/mol. The SMILES string of the molecule is CCOC(=O)C1CCCN1c1nnc2ccccc2n1. The lowest BCUT2D eigenvalue weighted by atomic mass is 10.2. The van der Waals surface area contributed by atoms with Crippen LogP contribution >= 0.6 is 0 Å². The summed E-state index contributed by atoms with van der Waals surface area (Å²) in [5, 5.41) is 8.30. The molecule has 1 fully saturated rings. The Morgan fingerprint density at radius 3 is 2.95 bits per heavy atom. The second-order valence-corrected chi connectivity index (χ2v) is 4.70. The van der Waals surface area contributed by atoms with Gasteiger partial charge in [0.2, 0.25) is 5.95 Å². The summed E-state index contributed by atoms with van der Waals surface area (Å²) in [5.41, 5.74) is 1.54. The standard InChI is InChI=1S/C14H16N4O2/c1-2-20-13(19)12-8-5-9-18(12)14-15-10-6-3-4-7-11(10)16-17-14/h3-4,6-7,12H,2,5,8-9H2,1H3. The van der Waals surface area contributed by atoms with Crippen LogP contribution in [-0.2, 0) is 9.53 Å². The second kappa shape index (κ2) is 5.40. The van der Waals surface area contributed by atoms with E-state index >= 15 is 0 Å². The van der Waals surface area contributed by atoms with Crippen molar-refractivity contribution in [3.05, 3.63) is 24.3 Å². The number of fused-ring (bicyclic) bond motifs is 1. The average Bonchev–Trinajstić information content (AvgIpc) is 2.96. The van der Waals surface area contributed by atoms with Crippen molar-refractivity contribution in [2.75, 3.05) is 18.1 Å². The summed E-state index contributed by atoms with van der Waals surface area (Å²) < 4.78 is 5.11. The van der Waals surface area contributed by atoms with Gasteiger partial charge in [0, 0.05) is 6.54 Å². The van der Waals surface area contributed by atoms with E-state index in [4.69, 9.17) is 4.74 Å². The van der Waals surface area contributed by atoms with Gasteiger partial charge in [0.25, 0.3) is 0 Å². The van der Waals surface area contributed by atoms with Gasteiger partial charge in [-0.15, -0.1) is 10.2 Å². The molecule has 1 saturated heterocycles. The molecule has 0 saturated carbocycles. The summed E-state index contributed by atoms with van der Waals surface area (Å²) in [6, 6.07) is 7.27. The molecule has 3 rings (SSSR count). The van der Waals surface area contributed by atoms with Gasteiger partial charge in [-0.3, -0.25) is 0 Å². The van der Waals surface area contributed by atoms with Crippen LogP contribution in [0.15, 0.2) is 24.3 Å². The van der Waals surface area contributed by atoms with Crippen LogP contribution < -0.4 is 4.90 Å². The summed E-state index contributed by atoms with van der Waals surface area (Å²) in [7, 11) is 0. The molecule has 0 aliphatic carbocycles. The van der Waals surface area contributed by atoms with Crippen molar-refractivity contribution in [2.45, 2.75) is 25.8 Å². The Labute approximate surface area is 116 Å². The first kappa shape index (κ1) is 12.8. The third-order valence-corrected chi connectivity index (χ3v) is 3.42. The van der Waals surface area contributed by atoms with E-state index in [0.717, 1.165) is 30.4 Å². The zero-order chi connectivity index (χ0) is 13.9. The fourth-order valence-electron chi connectivity index (χ4n) is 2.48. The maximum absolute atomic E-state index is 12.0. The van der Waals surface area contributed by atoms with Crippen LogP contribution in [0, 0.1) is 0 Å². The molecule has 2 heterocycles. The van der Waals surface area contributed by atoms with E-state index in [-0.39, 0.29) is 12.0 Å². The monoisotopic (exact) mass is 272 g/mol. The molecule has 1 atom stereocenters. The van der Waals surface area contributed by atoms with Gasteiger partial charge >= 0.3 is 5.97 Å². The number of anilines is 1. The maximum atomic E-state index is 12.0. The Morgan fingerprint density at radius 1 is 1.35 bits per heavy atom. The molecule has 20 heavy (non-hydrogen) atoms. The van der Waals surface area contributed by atoms with Crippen molar-refractivity contribution in [3.8, 4) is 0 Å². The molecule has 0 bridgehead atoms. The van der Waals surface area contributed by atoms with Crippen molar-refractivity contribution < 1.29 is 9.53 Å². The van der Waals surface area contributed by atoms with Crippen LogP contribution in [0.3, 0.4) is 0 Å². The van der Waals surface area contributed by atoms with Crippen LogP contribution in [0.2, 0.25) is 0 Å². The number of benzene rings is 1. The van der Waals surface area contributed by atoms with Gasteiger partial charge in [-0.2, -0.15) is 0 Å². The smallest absolute Gasteiger partial charge is 0.328 e.